The molecule has 0 atom stereocenters. The van der Waals surface area contributed by atoms with Crippen LogP contribution < -0.4 is 62.2 Å². The van der Waals surface area contributed by atoms with Crippen LogP contribution in [0.4, 0.5) is 11.4 Å². The summed E-state index contributed by atoms with van der Waals surface area (Å²) in [6.45, 7) is 8.21. The maximum Gasteiger partial charge on any atom is 1.00 e. The Labute approximate surface area is 255 Å². The Morgan fingerprint density at radius 3 is 2.00 bits per heavy atom. The Kier molecular flexibility index (Phi) is 7.74. The first-order valence-corrected chi connectivity index (χ1v) is 11.9. The second-order valence-electron chi connectivity index (χ2n) is 10.2. The van der Waals surface area contributed by atoms with E-state index in [1.54, 1.807) is 6.21 Å². The number of rotatable bonds is 3. The van der Waals surface area contributed by atoms with Crippen molar-refractivity contribution in [1.82, 2.24) is 0 Å². The van der Waals surface area contributed by atoms with Crippen LogP contribution in [0, 0.1) is 6.92 Å². The zero-order chi connectivity index (χ0) is 24.7. The molecule has 0 radical (unpaired) electrons. The van der Waals surface area contributed by atoms with Gasteiger partial charge in [0.15, 0.2) is 0 Å². The van der Waals surface area contributed by atoms with Gasteiger partial charge in [-0.2, -0.15) is 0 Å². The van der Waals surface area contributed by atoms with Crippen LogP contribution in [0.3, 0.4) is 0 Å². The quantitative estimate of drug-likeness (QED) is 0.224. The zero-order valence-electron chi connectivity index (χ0n) is 21.6. The van der Waals surface area contributed by atoms with Crippen LogP contribution in [-0.2, 0) is 5.41 Å². The minimum absolute atomic E-state index is 0. The number of hydrogen-bond donors (Lipinski definition) is 1. The van der Waals surface area contributed by atoms with E-state index in [9.17, 15) is 5.11 Å². The molecule has 5 aromatic carbocycles. The summed E-state index contributed by atoms with van der Waals surface area (Å²) < 4.78 is 0. The molecule has 0 heterocycles. The van der Waals surface area contributed by atoms with Gasteiger partial charge < -0.3 is 10.8 Å². The van der Waals surface area contributed by atoms with Crippen molar-refractivity contribution in [3.8, 4) is 16.9 Å². The Balaban J connectivity index is 0.00000304. The maximum atomic E-state index is 13.3. The summed E-state index contributed by atoms with van der Waals surface area (Å²) in [6, 6.07) is 28.5. The van der Waals surface area contributed by atoms with Crippen molar-refractivity contribution in [3.05, 3.63) is 102 Å². The summed E-state index contributed by atoms with van der Waals surface area (Å²) >= 11 is 0. The standard InChI is InChI=1S/C32H30N2O.K/c1-20-17-23(31(35)26(18-20)32(2,3)4)19-34-28-16-14-22-10-6-8-12-25(22)30(28)29-24-11-7-5-9-21(24)13-15-27(29)33;/h5-19,35H,33H2,1-4H3;/q;+1/p-1. The molecule has 0 amide bonds. The molecule has 0 fully saturated rings. The molecule has 0 saturated heterocycles. The summed E-state index contributed by atoms with van der Waals surface area (Å²) in [6.07, 6.45) is 1.71. The third-order valence-electron chi connectivity index (χ3n) is 6.53. The molecular weight excluding hydrogens is 467 g/mol. The molecule has 0 unspecified atom stereocenters. The van der Waals surface area contributed by atoms with Crippen LogP contribution in [0.5, 0.6) is 5.75 Å². The van der Waals surface area contributed by atoms with Crippen molar-refractivity contribution >= 4 is 39.1 Å². The van der Waals surface area contributed by atoms with Gasteiger partial charge in [0.2, 0.25) is 0 Å². The van der Waals surface area contributed by atoms with E-state index >= 15 is 0 Å². The second-order valence-corrected chi connectivity index (χ2v) is 10.2. The molecule has 0 aliphatic heterocycles. The summed E-state index contributed by atoms with van der Waals surface area (Å²) in [5.74, 6) is 0.0267. The van der Waals surface area contributed by atoms with Gasteiger partial charge in [0.05, 0.1) is 5.69 Å². The van der Waals surface area contributed by atoms with Crippen LogP contribution in [-0.4, -0.2) is 6.21 Å². The normalized spacial score (nSPS) is 11.8. The predicted octanol–water partition coefficient (Wildman–Crippen LogP) is 4.68. The van der Waals surface area contributed by atoms with Crippen LogP contribution >= 0.6 is 0 Å². The Morgan fingerprint density at radius 1 is 0.778 bits per heavy atom. The molecule has 0 saturated carbocycles. The third kappa shape index (κ3) is 5.02. The summed E-state index contributed by atoms with van der Waals surface area (Å²) in [5, 5.41) is 17.7. The fourth-order valence-electron chi connectivity index (χ4n) is 4.79. The third-order valence-corrected chi connectivity index (χ3v) is 6.53. The van der Waals surface area contributed by atoms with E-state index in [1.807, 2.05) is 61.5 Å². The molecule has 2 N–H and O–H groups in total. The van der Waals surface area contributed by atoms with Crippen molar-refractivity contribution in [2.75, 3.05) is 5.73 Å². The van der Waals surface area contributed by atoms with Crippen molar-refractivity contribution in [2.24, 2.45) is 4.99 Å². The van der Waals surface area contributed by atoms with Crippen LogP contribution in [0.2, 0.25) is 0 Å². The number of benzene rings is 5. The second kappa shape index (κ2) is 10.5. The van der Waals surface area contributed by atoms with E-state index in [0.717, 1.165) is 49.5 Å². The van der Waals surface area contributed by atoms with E-state index in [2.05, 4.69) is 51.1 Å². The fraction of sp³-hybridized carbons (Fsp3) is 0.156. The number of nitrogens with zero attached hydrogens (tertiary/aromatic N) is 1. The van der Waals surface area contributed by atoms with E-state index < -0.39 is 0 Å². The predicted molar refractivity (Wildman–Crippen MR) is 148 cm³/mol. The zero-order valence-corrected chi connectivity index (χ0v) is 24.7. The SMILES string of the molecule is Cc1cc(C=Nc2ccc3ccccc3c2-c2c(N)ccc3ccccc23)c([O-])c(C(C)(C)C)c1.[K+]. The molecule has 0 spiro atoms. The molecule has 5 aromatic rings. The average molecular weight is 497 g/mol. The number of aliphatic imine (C=N–C) groups is 1. The van der Waals surface area contributed by atoms with Gasteiger partial charge in [0.25, 0.3) is 0 Å². The molecule has 174 valence electrons. The first kappa shape index (κ1) is 26.6. The number of hydrogen-bond acceptors (Lipinski definition) is 3. The van der Waals surface area contributed by atoms with Gasteiger partial charge in [-0.15, -0.1) is 0 Å². The van der Waals surface area contributed by atoms with Crippen molar-refractivity contribution in [2.45, 2.75) is 33.1 Å². The summed E-state index contributed by atoms with van der Waals surface area (Å²) in [5.41, 5.74) is 12.2. The van der Waals surface area contributed by atoms with Gasteiger partial charge in [-0.25, -0.2) is 0 Å². The molecule has 0 aliphatic carbocycles. The average Bonchev–Trinajstić information content (AvgIpc) is 2.83. The number of nitrogens with two attached hydrogens (primary N) is 1. The first-order chi connectivity index (χ1) is 16.7. The van der Waals surface area contributed by atoms with Crippen molar-refractivity contribution in [1.29, 1.82) is 0 Å². The number of anilines is 1. The van der Waals surface area contributed by atoms with E-state index in [-0.39, 0.29) is 62.5 Å². The van der Waals surface area contributed by atoms with Gasteiger partial charge in [-0.05, 0) is 57.1 Å². The molecule has 36 heavy (non-hydrogen) atoms. The number of aryl methyl sites for hydroxylation is 1. The minimum Gasteiger partial charge on any atom is -0.872 e. The van der Waals surface area contributed by atoms with Crippen molar-refractivity contribution < 1.29 is 56.5 Å². The minimum atomic E-state index is -0.239. The summed E-state index contributed by atoms with van der Waals surface area (Å²) in [4.78, 5) is 4.90. The molecule has 4 heteroatoms. The largest absolute Gasteiger partial charge is 1.00 e. The van der Waals surface area contributed by atoms with Crippen LogP contribution in [0.25, 0.3) is 32.7 Å². The van der Waals surface area contributed by atoms with Crippen LogP contribution in [0.1, 0.15) is 37.5 Å². The van der Waals surface area contributed by atoms with E-state index in [4.69, 9.17) is 10.7 Å². The molecular formula is C32H29KN2O. The Morgan fingerprint density at radius 2 is 1.36 bits per heavy atom. The van der Waals surface area contributed by atoms with Gasteiger partial charge >= 0.3 is 51.4 Å². The summed E-state index contributed by atoms with van der Waals surface area (Å²) in [7, 11) is 0. The van der Waals surface area contributed by atoms with E-state index in [0.29, 0.717) is 11.3 Å². The molecule has 5 rings (SSSR count). The molecule has 3 nitrogen and oxygen atoms in total. The van der Waals surface area contributed by atoms with Gasteiger partial charge in [0.1, 0.15) is 0 Å². The number of fused-ring (bicyclic) bond motifs is 2. The number of nitrogen functional groups attached to an aromatic ring is 1. The smallest absolute Gasteiger partial charge is 0.872 e. The van der Waals surface area contributed by atoms with Gasteiger partial charge in [-0.3, -0.25) is 4.99 Å². The monoisotopic (exact) mass is 496 g/mol. The fourth-order valence-corrected chi connectivity index (χ4v) is 4.79. The van der Waals surface area contributed by atoms with E-state index in [1.165, 1.54) is 0 Å². The molecule has 0 bridgehead atoms. The van der Waals surface area contributed by atoms with Gasteiger partial charge in [0, 0.05) is 23.0 Å². The Hall–Kier alpha value is -2.47. The first-order valence-electron chi connectivity index (χ1n) is 11.9. The van der Waals surface area contributed by atoms with Crippen LogP contribution in [0.15, 0.2) is 89.9 Å². The molecule has 0 aromatic heterocycles. The molecule has 0 aliphatic rings. The maximum absolute atomic E-state index is 13.3. The Bertz CT molecular complexity index is 1610. The topological polar surface area (TPSA) is 61.4 Å². The van der Waals surface area contributed by atoms with Crippen molar-refractivity contribution in [3.63, 3.8) is 0 Å². The van der Waals surface area contributed by atoms with Gasteiger partial charge in [-0.1, -0.05) is 105 Å².